The van der Waals surface area contributed by atoms with Crippen LogP contribution in [0.15, 0.2) is 6.07 Å². The molecule has 1 aromatic heterocycles. The second kappa shape index (κ2) is 6.48. The number of ketones is 1. The molecule has 0 spiro atoms. The van der Waals surface area contributed by atoms with Crippen molar-refractivity contribution in [3.05, 3.63) is 21.4 Å². The van der Waals surface area contributed by atoms with E-state index in [0.717, 1.165) is 17.0 Å². The standard InChI is InChI=1S/C15H25NOS/c1-10(2)8-16(11(3)4)9-15(17)14-7-12(5)18-13(14)6/h7,10-11H,8-9H2,1-6H3. The molecule has 0 bridgehead atoms. The first-order valence-electron chi connectivity index (χ1n) is 6.65. The van der Waals surface area contributed by atoms with Crippen molar-refractivity contribution in [3.8, 4) is 0 Å². The summed E-state index contributed by atoms with van der Waals surface area (Å²) in [7, 11) is 0. The Hall–Kier alpha value is -0.670. The molecule has 0 saturated heterocycles. The van der Waals surface area contributed by atoms with Gasteiger partial charge in [0.2, 0.25) is 0 Å². The van der Waals surface area contributed by atoms with Gasteiger partial charge in [0.15, 0.2) is 5.78 Å². The summed E-state index contributed by atoms with van der Waals surface area (Å²) in [6.07, 6.45) is 0. The molecular weight excluding hydrogens is 242 g/mol. The van der Waals surface area contributed by atoms with Gasteiger partial charge >= 0.3 is 0 Å². The third-order valence-corrected chi connectivity index (χ3v) is 3.98. The molecule has 0 saturated carbocycles. The quantitative estimate of drug-likeness (QED) is 0.728. The topological polar surface area (TPSA) is 20.3 Å². The van der Waals surface area contributed by atoms with E-state index in [0.29, 0.717) is 18.5 Å². The normalized spacial score (nSPS) is 11.8. The highest BCUT2D eigenvalue weighted by molar-refractivity contribution is 7.12. The first-order chi connectivity index (χ1) is 8.31. The van der Waals surface area contributed by atoms with Crippen molar-refractivity contribution < 1.29 is 4.79 Å². The van der Waals surface area contributed by atoms with Crippen LogP contribution in [0.2, 0.25) is 0 Å². The highest BCUT2D eigenvalue weighted by Gasteiger charge is 2.18. The molecule has 0 unspecified atom stereocenters. The molecule has 0 aliphatic heterocycles. The molecule has 0 aliphatic rings. The predicted molar refractivity (Wildman–Crippen MR) is 79.7 cm³/mol. The van der Waals surface area contributed by atoms with Crippen LogP contribution >= 0.6 is 11.3 Å². The molecule has 102 valence electrons. The molecule has 0 radical (unpaired) electrons. The average Bonchev–Trinajstić information content (AvgIpc) is 2.56. The molecule has 2 nitrogen and oxygen atoms in total. The Bertz CT molecular complexity index is 407. The summed E-state index contributed by atoms with van der Waals surface area (Å²) in [4.78, 5) is 17.0. The van der Waals surface area contributed by atoms with Crippen LogP contribution in [0.1, 0.15) is 47.8 Å². The van der Waals surface area contributed by atoms with E-state index in [1.165, 1.54) is 4.88 Å². The fourth-order valence-corrected chi connectivity index (χ4v) is 3.05. The number of carbonyl (C=O) groups excluding carboxylic acids is 1. The van der Waals surface area contributed by atoms with Crippen molar-refractivity contribution in [2.24, 2.45) is 5.92 Å². The molecule has 18 heavy (non-hydrogen) atoms. The van der Waals surface area contributed by atoms with Crippen molar-refractivity contribution in [1.29, 1.82) is 0 Å². The molecular formula is C15H25NOS. The minimum Gasteiger partial charge on any atom is -0.293 e. The van der Waals surface area contributed by atoms with Crippen molar-refractivity contribution in [3.63, 3.8) is 0 Å². The molecule has 1 heterocycles. The van der Waals surface area contributed by atoms with E-state index >= 15 is 0 Å². The highest BCUT2D eigenvalue weighted by atomic mass is 32.1. The number of carbonyl (C=O) groups is 1. The lowest BCUT2D eigenvalue weighted by Crippen LogP contribution is -2.38. The molecule has 0 amide bonds. The maximum absolute atomic E-state index is 12.3. The van der Waals surface area contributed by atoms with E-state index in [1.807, 2.05) is 13.0 Å². The van der Waals surface area contributed by atoms with E-state index in [2.05, 4.69) is 39.5 Å². The van der Waals surface area contributed by atoms with E-state index in [4.69, 9.17) is 0 Å². The fourth-order valence-electron chi connectivity index (χ4n) is 2.10. The summed E-state index contributed by atoms with van der Waals surface area (Å²) in [5, 5.41) is 0. The molecule has 1 rings (SSSR count). The van der Waals surface area contributed by atoms with Crippen molar-refractivity contribution >= 4 is 17.1 Å². The summed E-state index contributed by atoms with van der Waals surface area (Å²) >= 11 is 1.71. The van der Waals surface area contributed by atoms with E-state index in [9.17, 15) is 4.79 Å². The van der Waals surface area contributed by atoms with Gasteiger partial charge in [0.25, 0.3) is 0 Å². The molecule has 0 atom stereocenters. The lowest BCUT2D eigenvalue weighted by atomic mass is 10.1. The Kier molecular flexibility index (Phi) is 5.54. The summed E-state index contributed by atoms with van der Waals surface area (Å²) in [5.74, 6) is 0.844. The van der Waals surface area contributed by atoms with Crippen LogP contribution in [-0.4, -0.2) is 29.8 Å². The van der Waals surface area contributed by atoms with Crippen LogP contribution in [0, 0.1) is 19.8 Å². The third-order valence-electron chi connectivity index (χ3n) is 3.02. The maximum Gasteiger partial charge on any atom is 0.177 e. The SMILES string of the molecule is Cc1cc(C(=O)CN(CC(C)C)C(C)C)c(C)s1. The average molecular weight is 267 g/mol. The van der Waals surface area contributed by atoms with E-state index in [1.54, 1.807) is 11.3 Å². The number of hydrogen-bond acceptors (Lipinski definition) is 3. The van der Waals surface area contributed by atoms with Crippen LogP contribution in [0.5, 0.6) is 0 Å². The Morgan fingerprint density at radius 3 is 2.28 bits per heavy atom. The predicted octanol–water partition coefficient (Wildman–Crippen LogP) is 3.91. The van der Waals surface area contributed by atoms with Crippen LogP contribution in [0.4, 0.5) is 0 Å². The first kappa shape index (κ1) is 15.4. The van der Waals surface area contributed by atoms with Gasteiger partial charge in [0.05, 0.1) is 6.54 Å². The second-order valence-corrected chi connectivity index (χ2v) is 7.13. The number of Topliss-reactive ketones (excluding diaryl/α,β-unsaturated/α-hetero) is 1. The van der Waals surface area contributed by atoms with Gasteiger partial charge in [-0.05, 0) is 39.7 Å². The summed E-state index contributed by atoms with van der Waals surface area (Å²) in [6.45, 7) is 14.3. The highest BCUT2D eigenvalue weighted by Crippen LogP contribution is 2.21. The molecule has 0 N–H and O–H groups in total. The number of thiophene rings is 1. The van der Waals surface area contributed by atoms with Gasteiger partial charge in [-0.25, -0.2) is 0 Å². The Balaban J connectivity index is 2.75. The van der Waals surface area contributed by atoms with E-state index in [-0.39, 0.29) is 5.78 Å². The Morgan fingerprint density at radius 1 is 1.28 bits per heavy atom. The van der Waals surface area contributed by atoms with Gasteiger partial charge in [-0.15, -0.1) is 11.3 Å². The smallest absolute Gasteiger partial charge is 0.177 e. The van der Waals surface area contributed by atoms with Gasteiger partial charge in [0.1, 0.15) is 0 Å². The number of aryl methyl sites for hydroxylation is 2. The Labute approximate surface area is 115 Å². The van der Waals surface area contributed by atoms with Crippen molar-refractivity contribution in [2.75, 3.05) is 13.1 Å². The minimum absolute atomic E-state index is 0.256. The Morgan fingerprint density at radius 2 is 1.89 bits per heavy atom. The number of hydrogen-bond donors (Lipinski definition) is 0. The van der Waals surface area contributed by atoms with Crippen LogP contribution < -0.4 is 0 Å². The molecule has 3 heteroatoms. The lowest BCUT2D eigenvalue weighted by Gasteiger charge is -2.27. The molecule has 0 aromatic carbocycles. The van der Waals surface area contributed by atoms with Gasteiger partial charge in [0, 0.05) is 27.9 Å². The molecule has 0 aliphatic carbocycles. The van der Waals surface area contributed by atoms with Crippen LogP contribution in [0.3, 0.4) is 0 Å². The maximum atomic E-state index is 12.3. The van der Waals surface area contributed by atoms with Gasteiger partial charge < -0.3 is 0 Å². The van der Waals surface area contributed by atoms with Gasteiger partial charge in [-0.1, -0.05) is 13.8 Å². The third kappa shape index (κ3) is 4.21. The zero-order chi connectivity index (χ0) is 13.9. The fraction of sp³-hybridized carbons (Fsp3) is 0.667. The van der Waals surface area contributed by atoms with Crippen LogP contribution in [-0.2, 0) is 0 Å². The zero-order valence-electron chi connectivity index (χ0n) is 12.4. The van der Waals surface area contributed by atoms with Crippen LogP contribution in [0.25, 0.3) is 0 Å². The number of nitrogens with zero attached hydrogens (tertiary/aromatic N) is 1. The first-order valence-corrected chi connectivity index (χ1v) is 7.47. The van der Waals surface area contributed by atoms with Gasteiger partial charge in [-0.3, -0.25) is 9.69 Å². The zero-order valence-corrected chi connectivity index (χ0v) is 13.2. The molecule has 1 aromatic rings. The second-order valence-electron chi connectivity index (χ2n) is 5.67. The summed E-state index contributed by atoms with van der Waals surface area (Å²) in [6, 6.07) is 2.44. The van der Waals surface area contributed by atoms with Crippen molar-refractivity contribution in [2.45, 2.75) is 47.6 Å². The number of rotatable bonds is 6. The largest absolute Gasteiger partial charge is 0.293 e. The van der Waals surface area contributed by atoms with Crippen molar-refractivity contribution in [1.82, 2.24) is 4.90 Å². The monoisotopic (exact) mass is 267 g/mol. The minimum atomic E-state index is 0.256. The van der Waals surface area contributed by atoms with Gasteiger partial charge in [-0.2, -0.15) is 0 Å². The van der Waals surface area contributed by atoms with E-state index < -0.39 is 0 Å². The summed E-state index contributed by atoms with van der Waals surface area (Å²) in [5.41, 5.74) is 0.909. The lowest BCUT2D eigenvalue weighted by molar-refractivity contribution is 0.0892. The summed E-state index contributed by atoms with van der Waals surface area (Å²) < 4.78 is 0. The molecule has 0 fully saturated rings.